The van der Waals surface area contributed by atoms with Crippen LogP contribution in [0, 0.1) is 5.82 Å². The number of halogens is 4. The van der Waals surface area contributed by atoms with Gasteiger partial charge in [-0.3, -0.25) is 14.6 Å². The largest absolute Gasteiger partial charge is 0.419 e. The molecule has 0 bridgehead atoms. The molecule has 6 nitrogen and oxygen atoms in total. The van der Waals surface area contributed by atoms with Crippen molar-refractivity contribution in [1.82, 2.24) is 9.97 Å². The third-order valence-electron chi connectivity index (χ3n) is 6.48. The molecular formula is C29H23F4N3O3. The number of benzene rings is 3. The smallest absolute Gasteiger partial charge is 0.378 e. The van der Waals surface area contributed by atoms with Gasteiger partial charge in [0.25, 0.3) is 0 Å². The molecule has 1 fully saturated rings. The van der Waals surface area contributed by atoms with Crippen LogP contribution in [0.2, 0.25) is 0 Å². The van der Waals surface area contributed by atoms with E-state index in [9.17, 15) is 27.2 Å². The van der Waals surface area contributed by atoms with E-state index >= 15 is 0 Å². The molecule has 200 valence electrons. The first-order chi connectivity index (χ1) is 18.7. The second-order valence-electron chi connectivity index (χ2n) is 9.26. The van der Waals surface area contributed by atoms with Crippen LogP contribution in [0.1, 0.15) is 32.6 Å². The van der Waals surface area contributed by atoms with Gasteiger partial charge in [-0.1, -0.05) is 30.3 Å². The van der Waals surface area contributed by atoms with Gasteiger partial charge in [-0.05, 0) is 41.5 Å². The molecule has 10 heteroatoms. The van der Waals surface area contributed by atoms with Crippen molar-refractivity contribution in [3.8, 4) is 0 Å². The molecule has 0 unspecified atom stereocenters. The predicted octanol–water partition coefficient (Wildman–Crippen LogP) is 5.21. The van der Waals surface area contributed by atoms with Gasteiger partial charge in [-0.2, -0.15) is 13.2 Å². The number of fused-ring (bicyclic) bond motifs is 1. The minimum atomic E-state index is -4.84. The van der Waals surface area contributed by atoms with Crippen molar-refractivity contribution in [3.63, 3.8) is 0 Å². The number of ether oxygens (including phenoxy) is 1. The van der Waals surface area contributed by atoms with Gasteiger partial charge in [0.1, 0.15) is 17.4 Å². The molecule has 0 radical (unpaired) electrons. The quantitative estimate of drug-likeness (QED) is 0.238. The Morgan fingerprint density at radius 1 is 0.846 bits per heavy atom. The number of aromatic nitrogens is 2. The van der Waals surface area contributed by atoms with E-state index in [1.165, 1.54) is 6.07 Å². The lowest BCUT2D eigenvalue weighted by atomic mass is 9.98. The summed E-state index contributed by atoms with van der Waals surface area (Å²) in [6.45, 7) is 2.66. The second kappa shape index (κ2) is 10.9. The summed E-state index contributed by atoms with van der Waals surface area (Å²) in [7, 11) is 0. The summed E-state index contributed by atoms with van der Waals surface area (Å²) in [6.07, 6.45) is -3.44. The maximum Gasteiger partial charge on any atom is 0.419 e. The monoisotopic (exact) mass is 537 g/mol. The first kappa shape index (κ1) is 26.4. The van der Waals surface area contributed by atoms with Crippen LogP contribution in [0.4, 0.5) is 23.4 Å². The Labute approximate surface area is 221 Å². The van der Waals surface area contributed by atoms with Gasteiger partial charge in [-0.25, -0.2) is 9.37 Å². The fourth-order valence-corrected chi connectivity index (χ4v) is 4.45. The van der Waals surface area contributed by atoms with Gasteiger partial charge in [-0.15, -0.1) is 0 Å². The maximum absolute atomic E-state index is 13.5. The summed E-state index contributed by atoms with van der Waals surface area (Å²) in [4.78, 5) is 36.8. The molecule has 2 heterocycles. The van der Waals surface area contributed by atoms with Gasteiger partial charge in [0.2, 0.25) is 0 Å². The number of carbonyl (C=O) groups is 2. The highest BCUT2D eigenvalue weighted by atomic mass is 19.4. The molecule has 0 spiro atoms. The Morgan fingerprint density at radius 2 is 1.51 bits per heavy atom. The zero-order valence-electron chi connectivity index (χ0n) is 20.7. The van der Waals surface area contributed by atoms with Gasteiger partial charge in [0.15, 0.2) is 5.78 Å². The van der Waals surface area contributed by atoms with Crippen molar-refractivity contribution >= 4 is 28.4 Å². The minimum absolute atomic E-state index is 0.0386. The first-order valence-corrected chi connectivity index (χ1v) is 12.3. The van der Waals surface area contributed by atoms with Crippen molar-refractivity contribution in [2.75, 3.05) is 31.2 Å². The number of Topliss-reactive ketones (excluding diaryl/α,β-unsaturated/α-hetero) is 1. The van der Waals surface area contributed by atoms with E-state index in [1.807, 2.05) is 0 Å². The van der Waals surface area contributed by atoms with Crippen LogP contribution in [-0.2, 0) is 28.5 Å². The molecule has 1 saturated heterocycles. The highest BCUT2D eigenvalue weighted by molar-refractivity contribution is 6.10. The summed E-state index contributed by atoms with van der Waals surface area (Å²) >= 11 is 0. The second-order valence-corrected chi connectivity index (χ2v) is 9.26. The number of rotatable bonds is 7. The molecule has 4 aromatic rings. The molecule has 1 aromatic heterocycles. The van der Waals surface area contributed by atoms with E-state index in [-0.39, 0.29) is 30.0 Å². The number of nitrogens with zero attached hydrogens (tertiary/aromatic N) is 3. The van der Waals surface area contributed by atoms with E-state index in [2.05, 4.69) is 14.9 Å². The topological polar surface area (TPSA) is 72.4 Å². The summed E-state index contributed by atoms with van der Waals surface area (Å²) in [5.41, 5.74) is 1.41. The number of carbonyl (C=O) groups excluding carboxylic acids is 2. The van der Waals surface area contributed by atoms with E-state index in [4.69, 9.17) is 4.74 Å². The summed E-state index contributed by atoms with van der Waals surface area (Å²) < 4.78 is 57.7. The molecule has 0 aliphatic carbocycles. The minimum Gasteiger partial charge on any atom is -0.378 e. The fourth-order valence-electron chi connectivity index (χ4n) is 4.45. The Balaban J connectivity index is 1.26. The van der Waals surface area contributed by atoms with Crippen LogP contribution in [0.3, 0.4) is 0 Å². The summed E-state index contributed by atoms with van der Waals surface area (Å²) in [5, 5.41) is 0. The average molecular weight is 538 g/mol. The third kappa shape index (κ3) is 6.12. The lowest BCUT2D eigenvalue weighted by molar-refractivity contribution is -0.140. The van der Waals surface area contributed by atoms with E-state index in [0.29, 0.717) is 66.2 Å². The number of morpholine rings is 1. The Hall–Kier alpha value is -4.18. The maximum atomic E-state index is 13.5. The van der Waals surface area contributed by atoms with Crippen molar-refractivity contribution in [2.45, 2.75) is 19.0 Å². The Kier molecular flexibility index (Phi) is 7.38. The lowest BCUT2D eigenvalue weighted by Gasteiger charge is -2.27. The molecule has 0 saturated carbocycles. The van der Waals surface area contributed by atoms with Crippen LogP contribution in [-0.4, -0.2) is 47.8 Å². The van der Waals surface area contributed by atoms with Crippen molar-refractivity contribution < 1.29 is 31.9 Å². The number of hydrogen-bond acceptors (Lipinski definition) is 6. The van der Waals surface area contributed by atoms with Crippen molar-refractivity contribution in [2.24, 2.45) is 0 Å². The van der Waals surface area contributed by atoms with E-state index in [1.54, 1.807) is 48.7 Å². The lowest BCUT2D eigenvalue weighted by Crippen LogP contribution is -2.36. The van der Waals surface area contributed by atoms with Crippen LogP contribution in [0.25, 0.3) is 11.0 Å². The van der Waals surface area contributed by atoms with Crippen LogP contribution in [0.15, 0.2) is 66.9 Å². The number of anilines is 1. The molecule has 0 atom stereocenters. The van der Waals surface area contributed by atoms with Crippen LogP contribution < -0.4 is 4.90 Å². The van der Waals surface area contributed by atoms with E-state index < -0.39 is 17.6 Å². The number of ketones is 2. The SMILES string of the molecule is O=C(Cc1ccc(C(=O)c2ccc3ncc(N4CCOCC4)nc3c2)cc1)Cc1ccc(F)c(C(F)(F)F)c1. The van der Waals surface area contributed by atoms with Crippen molar-refractivity contribution in [3.05, 3.63) is 100 Å². The highest BCUT2D eigenvalue weighted by Crippen LogP contribution is 2.32. The van der Waals surface area contributed by atoms with Gasteiger partial charge in [0, 0.05) is 37.1 Å². The molecule has 39 heavy (non-hydrogen) atoms. The first-order valence-electron chi connectivity index (χ1n) is 12.3. The summed E-state index contributed by atoms with van der Waals surface area (Å²) in [5.74, 6) is -1.22. The zero-order chi connectivity index (χ0) is 27.6. The molecule has 3 aromatic carbocycles. The average Bonchev–Trinajstić information content (AvgIpc) is 2.93. The Morgan fingerprint density at radius 3 is 2.23 bits per heavy atom. The van der Waals surface area contributed by atoms with Crippen LogP contribution in [0.5, 0.6) is 0 Å². The molecular weight excluding hydrogens is 514 g/mol. The van der Waals surface area contributed by atoms with Crippen molar-refractivity contribution in [1.29, 1.82) is 0 Å². The molecule has 1 aliphatic heterocycles. The van der Waals surface area contributed by atoms with Gasteiger partial charge >= 0.3 is 6.18 Å². The fraction of sp³-hybridized carbons (Fsp3) is 0.241. The van der Waals surface area contributed by atoms with Gasteiger partial charge in [0.05, 0.1) is 36.0 Å². The predicted molar refractivity (Wildman–Crippen MR) is 136 cm³/mol. The number of hydrogen-bond donors (Lipinski definition) is 0. The summed E-state index contributed by atoms with van der Waals surface area (Å²) in [6, 6.07) is 14.1. The molecule has 5 rings (SSSR count). The standard InChI is InChI=1S/C29H23F4N3O3/c30-24-7-3-19(15-23(24)29(31,32)33)14-22(37)13-18-1-4-20(5-2-18)28(38)21-6-8-25-26(16-21)35-27(17-34-25)36-9-11-39-12-10-36/h1-8,15-17H,9-14H2. The normalized spacial score (nSPS) is 14.0. The molecule has 0 N–H and O–H groups in total. The van der Waals surface area contributed by atoms with Crippen LogP contribution >= 0.6 is 0 Å². The van der Waals surface area contributed by atoms with E-state index in [0.717, 1.165) is 5.82 Å². The zero-order valence-corrected chi connectivity index (χ0v) is 20.7. The number of alkyl halides is 3. The Bertz CT molecular complexity index is 1530. The molecule has 1 aliphatic rings. The third-order valence-corrected chi connectivity index (χ3v) is 6.48. The highest BCUT2D eigenvalue weighted by Gasteiger charge is 2.34. The van der Waals surface area contributed by atoms with Gasteiger partial charge < -0.3 is 9.64 Å². The molecule has 0 amide bonds.